The number of ketones is 1. The van der Waals surface area contributed by atoms with Gasteiger partial charge in [-0.05, 0) is 66.6 Å². The van der Waals surface area contributed by atoms with Gasteiger partial charge in [0.15, 0.2) is 22.9 Å². The summed E-state index contributed by atoms with van der Waals surface area (Å²) in [4.78, 5) is 28.4. The lowest BCUT2D eigenvalue weighted by atomic mass is 9.85. The van der Waals surface area contributed by atoms with Gasteiger partial charge in [-0.25, -0.2) is 0 Å². The number of aliphatic hydroxyl groups is 1. The van der Waals surface area contributed by atoms with Crippen LogP contribution in [-0.4, -0.2) is 23.6 Å². The third-order valence-corrected chi connectivity index (χ3v) is 7.10. The van der Waals surface area contributed by atoms with E-state index in [4.69, 9.17) is 9.47 Å². The highest BCUT2D eigenvalue weighted by Crippen LogP contribution is 2.44. The molecule has 3 aromatic carbocycles. The molecule has 3 aromatic rings. The largest absolute Gasteiger partial charge is 0.454 e. The van der Waals surface area contributed by atoms with Crippen LogP contribution in [0.4, 0.5) is 5.69 Å². The fraction of sp³-hybridized carbons (Fsp3) is 0.286. The van der Waals surface area contributed by atoms with Crippen molar-refractivity contribution in [3.05, 3.63) is 88.5 Å². The second-order valence-corrected chi connectivity index (χ2v) is 9.25. The highest BCUT2D eigenvalue weighted by Gasteiger charge is 2.50. The number of hydrogen-bond donors (Lipinski definition) is 1. The average Bonchev–Trinajstić information content (AvgIpc) is 3.41. The molecule has 0 fully saturated rings. The molecule has 2 heterocycles. The summed E-state index contributed by atoms with van der Waals surface area (Å²) in [5.74, 6) is 0.584. The maximum absolute atomic E-state index is 13.6. The van der Waals surface area contributed by atoms with Gasteiger partial charge >= 0.3 is 0 Å². The Morgan fingerprint density at radius 2 is 1.74 bits per heavy atom. The van der Waals surface area contributed by atoms with Crippen LogP contribution in [0, 0.1) is 0 Å². The van der Waals surface area contributed by atoms with Crippen molar-refractivity contribution >= 4 is 17.4 Å². The minimum Gasteiger partial charge on any atom is -0.454 e. The number of anilines is 1. The van der Waals surface area contributed by atoms with Crippen molar-refractivity contribution < 1.29 is 24.2 Å². The zero-order valence-electron chi connectivity index (χ0n) is 18.8. The Morgan fingerprint density at radius 3 is 2.62 bits per heavy atom. The number of para-hydroxylation sites is 1. The Hall–Kier alpha value is -3.64. The van der Waals surface area contributed by atoms with E-state index in [0.717, 1.165) is 24.8 Å². The van der Waals surface area contributed by atoms with E-state index in [1.54, 1.807) is 17.0 Å². The van der Waals surface area contributed by atoms with Crippen LogP contribution in [0.1, 0.15) is 51.9 Å². The SMILES string of the molecule is O=C(CC1(O)C(=O)N(Cc2ccc3c(c2)OCO3)c2ccccc21)c1ccc2c(c1)CCCC2. The quantitative estimate of drug-likeness (QED) is 0.581. The number of carbonyl (C=O) groups is 2. The number of nitrogens with zero attached hydrogens (tertiary/aromatic N) is 1. The first-order valence-corrected chi connectivity index (χ1v) is 11.7. The van der Waals surface area contributed by atoms with Crippen molar-refractivity contribution in [3.8, 4) is 11.5 Å². The summed E-state index contributed by atoms with van der Waals surface area (Å²) in [7, 11) is 0. The molecule has 1 unspecified atom stereocenters. The van der Waals surface area contributed by atoms with Crippen LogP contribution in [0.25, 0.3) is 0 Å². The number of amides is 1. The summed E-state index contributed by atoms with van der Waals surface area (Å²) >= 11 is 0. The van der Waals surface area contributed by atoms with Crippen molar-refractivity contribution in [2.24, 2.45) is 0 Å². The van der Waals surface area contributed by atoms with Gasteiger partial charge < -0.3 is 19.5 Å². The highest BCUT2D eigenvalue weighted by molar-refractivity contribution is 6.10. The van der Waals surface area contributed by atoms with Gasteiger partial charge in [-0.2, -0.15) is 0 Å². The number of aryl methyl sites for hydroxylation is 2. The molecule has 2 aliphatic heterocycles. The molecule has 1 amide bonds. The number of ether oxygens (including phenoxy) is 2. The smallest absolute Gasteiger partial charge is 0.264 e. The molecule has 1 N–H and O–H groups in total. The molecule has 6 heteroatoms. The standard InChI is InChI=1S/C28H25NO5/c30-24(21-11-10-19-5-1-2-6-20(19)14-21)15-28(32)22-7-3-4-8-23(22)29(27(28)31)16-18-9-12-25-26(13-18)34-17-33-25/h3-4,7-14,32H,1-2,5-6,15-17H2. The van der Waals surface area contributed by atoms with Crippen molar-refractivity contribution in [3.63, 3.8) is 0 Å². The molecule has 0 spiro atoms. The zero-order chi connectivity index (χ0) is 23.3. The van der Waals surface area contributed by atoms with Gasteiger partial charge in [0.05, 0.1) is 18.7 Å². The second kappa shape index (κ2) is 7.99. The van der Waals surface area contributed by atoms with Crippen molar-refractivity contribution in [2.45, 2.75) is 44.2 Å². The monoisotopic (exact) mass is 455 g/mol. The summed E-state index contributed by atoms with van der Waals surface area (Å²) in [6, 6.07) is 18.5. The molecule has 172 valence electrons. The van der Waals surface area contributed by atoms with Crippen molar-refractivity contribution in [1.29, 1.82) is 0 Å². The van der Waals surface area contributed by atoms with Crippen LogP contribution in [-0.2, 0) is 29.8 Å². The highest BCUT2D eigenvalue weighted by atomic mass is 16.7. The molecule has 0 bridgehead atoms. The van der Waals surface area contributed by atoms with Crippen molar-refractivity contribution in [1.82, 2.24) is 0 Å². The summed E-state index contributed by atoms with van der Waals surface area (Å²) in [6.45, 7) is 0.427. The number of Topliss-reactive ketones (excluding diaryl/α,β-unsaturated/α-hetero) is 1. The number of fused-ring (bicyclic) bond motifs is 3. The Labute approximate surface area is 197 Å². The van der Waals surface area contributed by atoms with E-state index in [0.29, 0.717) is 28.3 Å². The number of rotatable bonds is 5. The third-order valence-electron chi connectivity index (χ3n) is 7.10. The summed E-state index contributed by atoms with van der Waals surface area (Å²) in [6.07, 6.45) is 4.00. The molecule has 0 saturated carbocycles. The Morgan fingerprint density at radius 1 is 0.941 bits per heavy atom. The summed E-state index contributed by atoms with van der Waals surface area (Å²) in [5.41, 5.74) is 3.06. The van der Waals surface area contributed by atoms with Crippen LogP contribution in [0.5, 0.6) is 11.5 Å². The van der Waals surface area contributed by atoms with Gasteiger partial charge in [-0.3, -0.25) is 9.59 Å². The van der Waals surface area contributed by atoms with Crippen LogP contribution in [0.2, 0.25) is 0 Å². The lowest BCUT2D eigenvalue weighted by molar-refractivity contribution is -0.136. The first-order chi connectivity index (χ1) is 16.5. The first kappa shape index (κ1) is 20.9. The van der Waals surface area contributed by atoms with Crippen LogP contribution < -0.4 is 14.4 Å². The second-order valence-electron chi connectivity index (χ2n) is 9.25. The number of benzene rings is 3. The van der Waals surface area contributed by atoms with E-state index < -0.39 is 11.5 Å². The minimum atomic E-state index is -1.90. The molecule has 1 aliphatic carbocycles. The summed E-state index contributed by atoms with van der Waals surface area (Å²) in [5, 5.41) is 11.6. The Bertz CT molecular complexity index is 1320. The van der Waals surface area contributed by atoms with Crippen LogP contribution in [0.15, 0.2) is 60.7 Å². The first-order valence-electron chi connectivity index (χ1n) is 11.7. The molecular formula is C28H25NO5. The molecule has 0 saturated heterocycles. The molecular weight excluding hydrogens is 430 g/mol. The topological polar surface area (TPSA) is 76.1 Å². The predicted molar refractivity (Wildman–Crippen MR) is 126 cm³/mol. The van der Waals surface area contributed by atoms with E-state index >= 15 is 0 Å². The van der Waals surface area contributed by atoms with Crippen molar-refractivity contribution in [2.75, 3.05) is 11.7 Å². The van der Waals surface area contributed by atoms with Crippen LogP contribution in [0.3, 0.4) is 0 Å². The normalized spacial score (nSPS) is 20.3. The number of carbonyl (C=O) groups excluding carboxylic acids is 2. The lowest BCUT2D eigenvalue weighted by Gasteiger charge is -2.23. The summed E-state index contributed by atoms with van der Waals surface area (Å²) < 4.78 is 10.8. The lowest BCUT2D eigenvalue weighted by Crippen LogP contribution is -2.41. The van der Waals surface area contributed by atoms with E-state index in [2.05, 4.69) is 0 Å². The molecule has 6 rings (SSSR count). The molecule has 6 nitrogen and oxygen atoms in total. The molecule has 0 aromatic heterocycles. The van der Waals surface area contributed by atoms with E-state index in [1.807, 2.05) is 48.5 Å². The van der Waals surface area contributed by atoms with Gasteiger partial charge in [0.25, 0.3) is 5.91 Å². The zero-order valence-corrected chi connectivity index (χ0v) is 18.8. The molecule has 34 heavy (non-hydrogen) atoms. The van der Waals surface area contributed by atoms with Gasteiger partial charge in [-0.1, -0.05) is 36.4 Å². The maximum atomic E-state index is 13.6. The van der Waals surface area contributed by atoms with E-state index in [-0.39, 0.29) is 25.5 Å². The van der Waals surface area contributed by atoms with Gasteiger partial charge in [-0.15, -0.1) is 0 Å². The Balaban J connectivity index is 1.29. The van der Waals surface area contributed by atoms with E-state index in [9.17, 15) is 14.7 Å². The molecule has 1 atom stereocenters. The molecule has 3 aliphatic rings. The Kier molecular flexibility index (Phi) is 4.92. The van der Waals surface area contributed by atoms with Crippen LogP contribution >= 0.6 is 0 Å². The third kappa shape index (κ3) is 3.37. The maximum Gasteiger partial charge on any atom is 0.264 e. The van der Waals surface area contributed by atoms with E-state index in [1.165, 1.54) is 17.5 Å². The molecule has 0 radical (unpaired) electrons. The van der Waals surface area contributed by atoms with Gasteiger partial charge in [0.1, 0.15) is 0 Å². The fourth-order valence-corrected chi connectivity index (χ4v) is 5.30. The predicted octanol–water partition coefficient (Wildman–Crippen LogP) is 4.30. The fourth-order valence-electron chi connectivity index (χ4n) is 5.30. The average molecular weight is 456 g/mol. The van der Waals surface area contributed by atoms with Gasteiger partial charge in [0, 0.05) is 11.1 Å². The minimum absolute atomic E-state index is 0.175. The van der Waals surface area contributed by atoms with Gasteiger partial charge in [0.2, 0.25) is 6.79 Å². The number of hydrogen-bond acceptors (Lipinski definition) is 5.